The lowest BCUT2D eigenvalue weighted by molar-refractivity contribution is -0.122. The van der Waals surface area contributed by atoms with Gasteiger partial charge in [0.1, 0.15) is 0 Å². The van der Waals surface area contributed by atoms with Crippen LogP contribution >= 0.6 is 12.4 Å². The summed E-state index contributed by atoms with van der Waals surface area (Å²) in [5.41, 5.74) is 7.26. The highest BCUT2D eigenvalue weighted by Gasteiger charge is 2.33. The number of amides is 1. The molecule has 0 radical (unpaired) electrons. The van der Waals surface area contributed by atoms with Gasteiger partial charge < -0.3 is 11.1 Å². The quantitative estimate of drug-likeness (QED) is 0.841. The normalized spacial score (nSPS) is 22.9. The first-order chi connectivity index (χ1) is 10.1. The molecule has 1 aromatic carbocycles. The van der Waals surface area contributed by atoms with E-state index >= 15 is 0 Å². The number of nitrogens with two attached hydrogens (primary N) is 1. The van der Waals surface area contributed by atoms with Crippen molar-refractivity contribution in [3.05, 3.63) is 35.9 Å². The summed E-state index contributed by atoms with van der Waals surface area (Å²) in [6, 6.07) is 10.7. The fraction of sp³-hybridized carbons (Fsp3) is 0.588. The molecule has 0 bridgehead atoms. The lowest BCUT2D eigenvalue weighted by Crippen LogP contribution is -2.40. The maximum Gasteiger partial charge on any atom is 0.234 e. The van der Waals surface area contributed by atoms with Crippen LogP contribution in [0.4, 0.5) is 0 Å². The van der Waals surface area contributed by atoms with Gasteiger partial charge in [-0.25, -0.2) is 0 Å². The molecule has 0 saturated carbocycles. The molecule has 124 valence electrons. The molecule has 1 unspecified atom stereocenters. The van der Waals surface area contributed by atoms with Crippen molar-refractivity contribution in [1.29, 1.82) is 0 Å². The Morgan fingerprint density at radius 2 is 2.05 bits per heavy atom. The van der Waals surface area contributed by atoms with Gasteiger partial charge >= 0.3 is 0 Å². The highest BCUT2D eigenvalue weighted by atomic mass is 35.5. The minimum Gasteiger partial charge on any atom is -0.353 e. The van der Waals surface area contributed by atoms with Crippen molar-refractivity contribution in [2.75, 3.05) is 26.2 Å². The van der Waals surface area contributed by atoms with Crippen LogP contribution in [0, 0.1) is 5.92 Å². The number of carbonyl (C=O) groups is 1. The molecular formula is C17H28ClN3O. The van der Waals surface area contributed by atoms with E-state index in [4.69, 9.17) is 5.73 Å². The molecule has 0 spiro atoms. The van der Waals surface area contributed by atoms with Crippen LogP contribution in [0.25, 0.3) is 0 Å². The fourth-order valence-corrected chi connectivity index (χ4v) is 3.03. The second kappa shape index (κ2) is 9.13. The predicted molar refractivity (Wildman–Crippen MR) is 93.3 cm³/mol. The highest BCUT2D eigenvalue weighted by molar-refractivity contribution is 5.85. The van der Waals surface area contributed by atoms with Crippen molar-refractivity contribution in [3.8, 4) is 0 Å². The van der Waals surface area contributed by atoms with E-state index in [1.807, 2.05) is 13.0 Å². The van der Waals surface area contributed by atoms with Crippen molar-refractivity contribution in [2.24, 2.45) is 11.7 Å². The minimum atomic E-state index is 0. The van der Waals surface area contributed by atoms with E-state index in [1.165, 1.54) is 5.56 Å². The van der Waals surface area contributed by atoms with E-state index in [9.17, 15) is 4.79 Å². The van der Waals surface area contributed by atoms with E-state index in [-0.39, 0.29) is 24.4 Å². The Labute approximate surface area is 139 Å². The molecule has 1 aliphatic heterocycles. The van der Waals surface area contributed by atoms with Gasteiger partial charge in [-0.05, 0) is 31.4 Å². The topological polar surface area (TPSA) is 58.4 Å². The molecule has 4 nitrogen and oxygen atoms in total. The van der Waals surface area contributed by atoms with Gasteiger partial charge in [0.05, 0.1) is 6.54 Å². The van der Waals surface area contributed by atoms with Crippen LogP contribution in [-0.4, -0.2) is 43.0 Å². The zero-order valence-electron chi connectivity index (χ0n) is 13.5. The van der Waals surface area contributed by atoms with Crippen molar-refractivity contribution in [1.82, 2.24) is 10.2 Å². The molecule has 3 atom stereocenters. The monoisotopic (exact) mass is 325 g/mol. The van der Waals surface area contributed by atoms with Crippen LogP contribution in [-0.2, 0) is 4.79 Å². The molecule has 1 aromatic rings. The number of nitrogens with zero attached hydrogens (tertiary/aromatic N) is 1. The SMILES string of the molecule is CCC(C)NC(=O)CN1C[C@@H](CN)[C@H](c2ccccc2)C1.Cl. The summed E-state index contributed by atoms with van der Waals surface area (Å²) in [6.07, 6.45) is 0.962. The van der Waals surface area contributed by atoms with Gasteiger partial charge in [-0.1, -0.05) is 37.3 Å². The maximum atomic E-state index is 12.0. The Balaban J connectivity index is 0.00000242. The average molecular weight is 326 g/mol. The van der Waals surface area contributed by atoms with Crippen LogP contribution in [0.15, 0.2) is 30.3 Å². The van der Waals surface area contributed by atoms with Crippen LogP contribution in [0.5, 0.6) is 0 Å². The van der Waals surface area contributed by atoms with Gasteiger partial charge in [0.2, 0.25) is 5.91 Å². The molecule has 22 heavy (non-hydrogen) atoms. The lowest BCUT2D eigenvalue weighted by atomic mass is 9.89. The van der Waals surface area contributed by atoms with Crippen LogP contribution < -0.4 is 11.1 Å². The molecule has 5 heteroatoms. The molecular weight excluding hydrogens is 298 g/mol. The maximum absolute atomic E-state index is 12.0. The first-order valence-corrected chi connectivity index (χ1v) is 7.90. The number of likely N-dealkylation sites (tertiary alicyclic amines) is 1. The Morgan fingerprint density at radius 1 is 1.36 bits per heavy atom. The Kier molecular flexibility index (Phi) is 7.87. The molecule has 1 amide bonds. The van der Waals surface area contributed by atoms with Gasteiger partial charge in [0, 0.05) is 25.0 Å². The third-order valence-electron chi connectivity index (χ3n) is 4.43. The summed E-state index contributed by atoms with van der Waals surface area (Å²) in [5, 5.41) is 3.03. The molecule has 2 rings (SSSR count). The largest absolute Gasteiger partial charge is 0.353 e. The van der Waals surface area contributed by atoms with E-state index in [0.29, 0.717) is 24.9 Å². The zero-order chi connectivity index (χ0) is 15.2. The number of carbonyl (C=O) groups excluding carboxylic acids is 1. The average Bonchev–Trinajstić information content (AvgIpc) is 2.90. The molecule has 3 N–H and O–H groups in total. The predicted octanol–water partition coefficient (Wildman–Crippen LogP) is 2.00. The molecule has 1 saturated heterocycles. The summed E-state index contributed by atoms with van der Waals surface area (Å²) < 4.78 is 0. The van der Waals surface area contributed by atoms with Gasteiger partial charge in [0.15, 0.2) is 0 Å². The molecule has 1 heterocycles. The van der Waals surface area contributed by atoms with Crippen LogP contribution in [0.3, 0.4) is 0 Å². The number of benzene rings is 1. The minimum absolute atomic E-state index is 0. The second-order valence-corrected chi connectivity index (χ2v) is 6.08. The summed E-state index contributed by atoms with van der Waals surface area (Å²) in [5.74, 6) is 0.991. The third kappa shape index (κ3) is 4.97. The van der Waals surface area contributed by atoms with E-state index in [1.54, 1.807) is 0 Å². The first kappa shape index (κ1) is 18.9. The highest BCUT2D eigenvalue weighted by Crippen LogP contribution is 2.31. The molecule has 1 fully saturated rings. The van der Waals surface area contributed by atoms with Gasteiger partial charge in [0.25, 0.3) is 0 Å². The van der Waals surface area contributed by atoms with Crippen molar-refractivity contribution in [2.45, 2.75) is 32.2 Å². The Morgan fingerprint density at radius 3 is 2.64 bits per heavy atom. The summed E-state index contributed by atoms with van der Waals surface area (Å²) in [7, 11) is 0. The van der Waals surface area contributed by atoms with Crippen molar-refractivity contribution < 1.29 is 4.79 Å². The number of nitrogens with one attached hydrogen (secondary N) is 1. The van der Waals surface area contributed by atoms with Crippen molar-refractivity contribution in [3.63, 3.8) is 0 Å². The van der Waals surface area contributed by atoms with E-state index in [0.717, 1.165) is 19.5 Å². The van der Waals surface area contributed by atoms with E-state index < -0.39 is 0 Å². The number of rotatable bonds is 6. The van der Waals surface area contributed by atoms with Gasteiger partial charge in [-0.3, -0.25) is 9.69 Å². The Bertz CT molecular complexity index is 454. The van der Waals surface area contributed by atoms with Crippen LogP contribution in [0.1, 0.15) is 31.7 Å². The zero-order valence-corrected chi connectivity index (χ0v) is 14.3. The second-order valence-electron chi connectivity index (χ2n) is 6.08. The summed E-state index contributed by atoms with van der Waals surface area (Å²) >= 11 is 0. The standard InChI is InChI=1S/C17H27N3O.ClH/c1-3-13(2)19-17(21)12-20-10-15(9-18)16(11-20)14-7-5-4-6-8-14;/h4-8,13,15-16H,3,9-12,18H2,1-2H3,(H,19,21);1H/t13?,15-,16+;/m1./s1. The first-order valence-electron chi connectivity index (χ1n) is 7.90. The summed E-state index contributed by atoms with van der Waals surface area (Å²) in [6.45, 7) is 7.09. The molecule has 0 aliphatic carbocycles. The van der Waals surface area contributed by atoms with Crippen LogP contribution in [0.2, 0.25) is 0 Å². The third-order valence-corrected chi connectivity index (χ3v) is 4.43. The van der Waals surface area contributed by atoms with Gasteiger partial charge in [-0.2, -0.15) is 0 Å². The van der Waals surface area contributed by atoms with Crippen molar-refractivity contribution >= 4 is 18.3 Å². The molecule has 0 aromatic heterocycles. The number of halogens is 1. The smallest absolute Gasteiger partial charge is 0.234 e. The Hall–Kier alpha value is -1.10. The fourth-order valence-electron chi connectivity index (χ4n) is 3.03. The number of hydrogen-bond donors (Lipinski definition) is 2. The lowest BCUT2D eigenvalue weighted by Gasteiger charge is -2.18. The van der Waals surface area contributed by atoms with E-state index in [2.05, 4.69) is 41.4 Å². The molecule has 1 aliphatic rings. The summed E-state index contributed by atoms with van der Waals surface area (Å²) in [4.78, 5) is 14.3. The van der Waals surface area contributed by atoms with Gasteiger partial charge in [-0.15, -0.1) is 12.4 Å². The number of hydrogen-bond acceptors (Lipinski definition) is 3.